The van der Waals surface area contributed by atoms with Gasteiger partial charge in [-0.3, -0.25) is 14.7 Å². The van der Waals surface area contributed by atoms with Crippen LogP contribution in [0.3, 0.4) is 0 Å². The molecule has 8 heteroatoms. The Morgan fingerprint density at radius 1 is 1.45 bits per heavy atom. The lowest BCUT2D eigenvalue weighted by Crippen LogP contribution is -2.41. The number of aromatic nitrogens is 2. The highest BCUT2D eigenvalue weighted by Crippen LogP contribution is 2.26. The molecule has 1 atom stereocenters. The van der Waals surface area contributed by atoms with Crippen molar-refractivity contribution in [2.75, 3.05) is 11.4 Å². The molecule has 2 N–H and O–H groups in total. The molecule has 3 rings (SSSR count). The summed E-state index contributed by atoms with van der Waals surface area (Å²) in [6.45, 7) is 0.425. The number of amides is 2. The van der Waals surface area contributed by atoms with Crippen LogP contribution in [0.1, 0.15) is 16.9 Å². The number of aromatic amines is 1. The topological polar surface area (TPSA) is 78.1 Å². The SMILES string of the molecule is O=C(N[C@@H]1CCN(c2ccc(F)c(Cl)c2)C1=O)c1ccn[nH]1. The number of anilines is 1. The van der Waals surface area contributed by atoms with Crippen LogP contribution >= 0.6 is 11.6 Å². The van der Waals surface area contributed by atoms with Crippen LogP contribution in [0.2, 0.25) is 5.02 Å². The molecule has 2 aromatic rings. The van der Waals surface area contributed by atoms with Crippen LogP contribution < -0.4 is 10.2 Å². The Bertz CT molecular complexity index is 720. The van der Waals surface area contributed by atoms with Gasteiger partial charge in [0.2, 0.25) is 5.91 Å². The predicted molar refractivity (Wildman–Crippen MR) is 78.2 cm³/mol. The molecule has 1 aromatic carbocycles. The molecule has 0 spiro atoms. The number of H-pyrrole nitrogens is 1. The van der Waals surface area contributed by atoms with E-state index in [1.165, 1.54) is 35.4 Å². The number of carbonyl (C=O) groups is 2. The third-order valence-corrected chi connectivity index (χ3v) is 3.76. The lowest BCUT2D eigenvalue weighted by Gasteiger charge is -2.17. The van der Waals surface area contributed by atoms with E-state index in [9.17, 15) is 14.0 Å². The number of hydrogen-bond donors (Lipinski definition) is 2. The average Bonchev–Trinajstić information content (AvgIpc) is 3.13. The van der Waals surface area contributed by atoms with Crippen LogP contribution in [0.4, 0.5) is 10.1 Å². The standard InChI is InChI=1S/C14H12ClFN4O2/c15-9-7-8(1-2-10(9)16)20-6-4-12(14(20)22)18-13(21)11-3-5-17-19-11/h1-3,5,7,12H,4,6H2,(H,17,19)(H,18,21)/t12-/m1/s1. The average molecular weight is 323 g/mol. The van der Waals surface area contributed by atoms with Gasteiger partial charge in [0.1, 0.15) is 17.6 Å². The molecule has 2 heterocycles. The normalized spacial score (nSPS) is 17.8. The fourth-order valence-electron chi connectivity index (χ4n) is 2.34. The zero-order chi connectivity index (χ0) is 15.7. The van der Waals surface area contributed by atoms with E-state index in [1.807, 2.05) is 0 Å². The van der Waals surface area contributed by atoms with Crippen LogP contribution in [0, 0.1) is 5.82 Å². The van der Waals surface area contributed by atoms with Crippen molar-refractivity contribution in [2.45, 2.75) is 12.5 Å². The molecule has 1 aromatic heterocycles. The number of rotatable bonds is 3. The van der Waals surface area contributed by atoms with Gasteiger partial charge in [-0.05, 0) is 30.7 Å². The lowest BCUT2D eigenvalue weighted by molar-refractivity contribution is -0.118. The number of hydrogen-bond acceptors (Lipinski definition) is 3. The summed E-state index contributed by atoms with van der Waals surface area (Å²) in [4.78, 5) is 25.8. The molecular formula is C14H12ClFN4O2. The molecular weight excluding hydrogens is 311 g/mol. The second-order valence-electron chi connectivity index (χ2n) is 4.87. The largest absolute Gasteiger partial charge is 0.339 e. The van der Waals surface area contributed by atoms with Gasteiger partial charge in [-0.1, -0.05) is 11.6 Å². The van der Waals surface area contributed by atoms with Gasteiger partial charge < -0.3 is 10.2 Å². The van der Waals surface area contributed by atoms with Crippen molar-refractivity contribution in [1.82, 2.24) is 15.5 Å². The van der Waals surface area contributed by atoms with Crippen LogP contribution in [0.15, 0.2) is 30.5 Å². The van der Waals surface area contributed by atoms with E-state index >= 15 is 0 Å². The van der Waals surface area contributed by atoms with Crippen molar-refractivity contribution in [3.8, 4) is 0 Å². The van der Waals surface area contributed by atoms with Crippen molar-refractivity contribution < 1.29 is 14.0 Å². The minimum Gasteiger partial charge on any atom is -0.339 e. The summed E-state index contributed by atoms with van der Waals surface area (Å²) in [7, 11) is 0. The van der Waals surface area contributed by atoms with Gasteiger partial charge in [0.15, 0.2) is 0 Å². The molecule has 0 radical (unpaired) electrons. The van der Waals surface area contributed by atoms with Gasteiger partial charge in [-0.2, -0.15) is 5.10 Å². The van der Waals surface area contributed by atoms with Crippen LogP contribution in [0.5, 0.6) is 0 Å². The molecule has 1 aliphatic heterocycles. The summed E-state index contributed by atoms with van der Waals surface area (Å²) in [5.74, 6) is -1.19. The molecule has 0 aliphatic carbocycles. The van der Waals surface area contributed by atoms with Gasteiger partial charge in [0, 0.05) is 18.4 Å². The first-order valence-electron chi connectivity index (χ1n) is 6.63. The Kier molecular flexibility index (Phi) is 3.81. The minimum absolute atomic E-state index is 0.0461. The predicted octanol–water partition coefficient (Wildman–Crippen LogP) is 1.74. The van der Waals surface area contributed by atoms with Crippen molar-refractivity contribution in [3.63, 3.8) is 0 Å². The second-order valence-corrected chi connectivity index (χ2v) is 5.28. The zero-order valence-corrected chi connectivity index (χ0v) is 12.1. The summed E-state index contributed by atoms with van der Waals surface area (Å²) in [5, 5.41) is 8.82. The highest BCUT2D eigenvalue weighted by molar-refractivity contribution is 6.31. The second kappa shape index (κ2) is 5.76. The number of nitrogens with one attached hydrogen (secondary N) is 2. The Labute approximate surface area is 130 Å². The van der Waals surface area contributed by atoms with Gasteiger partial charge in [0.25, 0.3) is 5.91 Å². The fraction of sp³-hybridized carbons (Fsp3) is 0.214. The number of halogens is 2. The molecule has 114 valence electrons. The summed E-state index contributed by atoms with van der Waals surface area (Å²) in [6.07, 6.45) is 1.92. The fourth-order valence-corrected chi connectivity index (χ4v) is 2.52. The van der Waals surface area contributed by atoms with E-state index in [2.05, 4.69) is 15.5 Å². The lowest BCUT2D eigenvalue weighted by atomic mass is 10.2. The monoisotopic (exact) mass is 322 g/mol. The Hall–Kier alpha value is -2.41. The van der Waals surface area contributed by atoms with Gasteiger partial charge in [-0.25, -0.2) is 4.39 Å². The quantitative estimate of drug-likeness (QED) is 0.903. The highest BCUT2D eigenvalue weighted by atomic mass is 35.5. The maximum absolute atomic E-state index is 13.2. The van der Waals surface area contributed by atoms with Crippen LogP contribution in [-0.4, -0.2) is 34.6 Å². The van der Waals surface area contributed by atoms with E-state index in [1.54, 1.807) is 0 Å². The summed E-state index contributed by atoms with van der Waals surface area (Å²) < 4.78 is 13.2. The molecule has 0 saturated carbocycles. The summed E-state index contributed by atoms with van der Waals surface area (Å²) >= 11 is 5.73. The first kappa shape index (κ1) is 14.5. The summed E-state index contributed by atoms with van der Waals surface area (Å²) in [6, 6.07) is 4.99. The third-order valence-electron chi connectivity index (χ3n) is 3.47. The van der Waals surface area contributed by atoms with Crippen molar-refractivity contribution in [2.24, 2.45) is 0 Å². The number of carbonyl (C=O) groups excluding carboxylic acids is 2. The molecule has 1 aliphatic rings. The third kappa shape index (κ3) is 2.67. The van der Waals surface area contributed by atoms with Crippen LogP contribution in [-0.2, 0) is 4.79 Å². The van der Waals surface area contributed by atoms with E-state index in [4.69, 9.17) is 11.6 Å². The molecule has 0 bridgehead atoms. The van der Waals surface area contributed by atoms with Gasteiger partial charge >= 0.3 is 0 Å². The first-order valence-corrected chi connectivity index (χ1v) is 7.01. The molecule has 2 amide bonds. The molecule has 6 nitrogen and oxygen atoms in total. The Balaban J connectivity index is 1.72. The van der Waals surface area contributed by atoms with Crippen molar-refractivity contribution in [3.05, 3.63) is 47.0 Å². The van der Waals surface area contributed by atoms with E-state index in [0.717, 1.165) is 0 Å². The zero-order valence-electron chi connectivity index (χ0n) is 11.3. The van der Waals surface area contributed by atoms with Gasteiger partial charge in [0.05, 0.1) is 5.02 Å². The van der Waals surface area contributed by atoms with E-state index in [-0.39, 0.29) is 16.6 Å². The summed E-state index contributed by atoms with van der Waals surface area (Å²) in [5.41, 5.74) is 0.797. The minimum atomic E-state index is -0.625. The van der Waals surface area contributed by atoms with Crippen molar-refractivity contribution in [1.29, 1.82) is 0 Å². The van der Waals surface area contributed by atoms with Crippen molar-refractivity contribution >= 4 is 29.1 Å². The maximum atomic E-state index is 13.2. The molecule has 22 heavy (non-hydrogen) atoms. The molecule has 1 saturated heterocycles. The van der Waals surface area contributed by atoms with E-state index in [0.29, 0.717) is 18.7 Å². The van der Waals surface area contributed by atoms with Crippen LogP contribution in [0.25, 0.3) is 0 Å². The number of nitrogens with zero attached hydrogens (tertiary/aromatic N) is 2. The first-order chi connectivity index (χ1) is 10.6. The Morgan fingerprint density at radius 2 is 2.27 bits per heavy atom. The van der Waals surface area contributed by atoms with E-state index < -0.39 is 17.8 Å². The highest BCUT2D eigenvalue weighted by Gasteiger charge is 2.34. The molecule has 1 fully saturated rings. The molecule has 0 unspecified atom stereocenters. The smallest absolute Gasteiger partial charge is 0.269 e. The van der Waals surface area contributed by atoms with Gasteiger partial charge in [-0.15, -0.1) is 0 Å². The Morgan fingerprint density at radius 3 is 2.95 bits per heavy atom. The maximum Gasteiger partial charge on any atom is 0.269 e. The number of benzene rings is 1.